The molecule has 0 unspecified atom stereocenters. The van der Waals surface area contributed by atoms with Gasteiger partial charge in [0.25, 0.3) is 0 Å². The van der Waals surface area contributed by atoms with Gasteiger partial charge in [0.05, 0.1) is 0 Å². The van der Waals surface area contributed by atoms with E-state index in [4.69, 9.17) is 4.74 Å². The van der Waals surface area contributed by atoms with Crippen LogP contribution in [0, 0.1) is 0 Å². The minimum absolute atomic E-state index is 0.0701. The van der Waals surface area contributed by atoms with Crippen molar-refractivity contribution in [2.75, 3.05) is 13.1 Å². The average Bonchev–Trinajstić information content (AvgIpc) is 2.23. The molecule has 21 heavy (non-hydrogen) atoms. The normalized spacial score (nSPS) is 16.6. The molecule has 0 aliphatic carbocycles. The average molecular weight is 290 g/mol. The number of nitrogens with zero attached hydrogens (tertiary/aromatic N) is 2. The van der Waals surface area contributed by atoms with Crippen LogP contribution in [-0.2, 0) is 10.2 Å². The third-order valence-electron chi connectivity index (χ3n) is 3.56. The van der Waals surface area contributed by atoms with Crippen LogP contribution in [0.2, 0.25) is 0 Å². The van der Waals surface area contributed by atoms with Crippen molar-refractivity contribution in [1.29, 1.82) is 0 Å². The van der Waals surface area contributed by atoms with E-state index in [1.807, 2.05) is 27.0 Å². The first-order valence-electron chi connectivity index (χ1n) is 7.50. The molecule has 2 rings (SSSR count). The maximum absolute atomic E-state index is 11.9. The second-order valence-electron chi connectivity index (χ2n) is 7.81. The number of hydrogen-bond donors (Lipinski definition) is 0. The smallest absolute Gasteiger partial charge is 0.410 e. The van der Waals surface area contributed by atoms with E-state index in [1.54, 1.807) is 4.90 Å². The molecule has 0 radical (unpaired) electrons. The largest absolute Gasteiger partial charge is 0.444 e. The predicted octanol–water partition coefficient (Wildman–Crippen LogP) is 3.71. The highest BCUT2D eigenvalue weighted by molar-refractivity contribution is 5.69. The monoisotopic (exact) mass is 290 g/mol. The Morgan fingerprint density at radius 3 is 2.24 bits per heavy atom. The van der Waals surface area contributed by atoms with Crippen LogP contribution >= 0.6 is 0 Å². The zero-order valence-electron chi connectivity index (χ0n) is 13.9. The molecule has 0 spiro atoms. The first kappa shape index (κ1) is 15.8. The second kappa shape index (κ2) is 5.32. The maximum atomic E-state index is 11.9. The number of pyridine rings is 1. The van der Waals surface area contributed by atoms with Gasteiger partial charge in [0.15, 0.2) is 0 Å². The summed E-state index contributed by atoms with van der Waals surface area (Å²) in [5, 5.41) is 0. The lowest BCUT2D eigenvalue weighted by atomic mass is 9.89. The maximum Gasteiger partial charge on any atom is 0.410 e. The quantitative estimate of drug-likeness (QED) is 0.791. The van der Waals surface area contributed by atoms with E-state index >= 15 is 0 Å². The van der Waals surface area contributed by atoms with Crippen LogP contribution in [0.1, 0.15) is 58.7 Å². The van der Waals surface area contributed by atoms with E-state index in [-0.39, 0.29) is 11.5 Å². The number of carbonyl (C=O) groups is 1. The highest BCUT2D eigenvalue weighted by Gasteiger charge is 2.34. The number of hydrogen-bond acceptors (Lipinski definition) is 3. The van der Waals surface area contributed by atoms with Gasteiger partial charge in [-0.15, -0.1) is 0 Å². The number of aromatic nitrogens is 1. The van der Waals surface area contributed by atoms with Crippen LogP contribution in [-0.4, -0.2) is 34.7 Å². The third-order valence-corrected chi connectivity index (χ3v) is 3.56. The summed E-state index contributed by atoms with van der Waals surface area (Å²) in [4.78, 5) is 18.2. The zero-order chi connectivity index (χ0) is 15.8. The van der Waals surface area contributed by atoms with Gasteiger partial charge in [-0.25, -0.2) is 4.79 Å². The van der Waals surface area contributed by atoms with Crippen LogP contribution in [0.15, 0.2) is 18.3 Å². The van der Waals surface area contributed by atoms with Crippen molar-refractivity contribution in [3.8, 4) is 0 Å². The molecule has 0 saturated carbocycles. The summed E-state index contributed by atoms with van der Waals surface area (Å²) in [6, 6.07) is 4.22. The van der Waals surface area contributed by atoms with Crippen molar-refractivity contribution in [1.82, 2.24) is 9.88 Å². The van der Waals surface area contributed by atoms with Gasteiger partial charge in [0, 0.05) is 36.3 Å². The van der Waals surface area contributed by atoms with Crippen LogP contribution in [0.5, 0.6) is 0 Å². The molecular weight excluding hydrogens is 264 g/mol. The van der Waals surface area contributed by atoms with E-state index in [1.165, 1.54) is 5.56 Å². The predicted molar refractivity (Wildman–Crippen MR) is 83.5 cm³/mol. The first-order valence-corrected chi connectivity index (χ1v) is 7.50. The fourth-order valence-electron chi connectivity index (χ4n) is 2.26. The molecule has 0 N–H and O–H groups in total. The standard InChI is InChI=1S/C17H26N2O2/c1-16(2,3)14-8-7-12(9-18-14)13-10-19(11-13)15(20)21-17(4,5)6/h7-9,13H,10-11H2,1-6H3. The molecule has 4 nitrogen and oxygen atoms in total. The number of ether oxygens (including phenoxy) is 1. The summed E-state index contributed by atoms with van der Waals surface area (Å²) in [6.07, 6.45) is 1.72. The van der Waals surface area contributed by atoms with Gasteiger partial charge in [-0.3, -0.25) is 4.98 Å². The lowest BCUT2D eigenvalue weighted by molar-refractivity contribution is 0.00816. The SMILES string of the molecule is CC(C)(C)OC(=O)N1CC(c2ccc(C(C)(C)C)nc2)C1. The number of amides is 1. The van der Waals surface area contributed by atoms with Gasteiger partial charge < -0.3 is 9.64 Å². The molecule has 1 aromatic heterocycles. The van der Waals surface area contributed by atoms with Crippen molar-refractivity contribution in [2.24, 2.45) is 0 Å². The highest BCUT2D eigenvalue weighted by atomic mass is 16.6. The molecule has 0 aromatic carbocycles. The van der Waals surface area contributed by atoms with E-state index in [2.05, 4.69) is 37.9 Å². The molecule has 2 heterocycles. The summed E-state index contributed by atoms with van der Waals surface area (Å²) >= 11 is 0. The molecule has 4 heteroatoms. The minimum atomic E-state index is -0.432. The van der Waals surface area contributed by atoms with E-state index in [9.17, 15) is 4.79 Å². The van der Waals surface area contributed by atoms with Crippen molar-refractivity contribution in [3.05, 3.63) is 29.6 Å². The molecule has 0 atom stereocenters. The van der Waals surface area contributed by atoms with Crippen molar-refractivity contribution < 1.29 is 9.53 Å². The topological polar surface area (TPSA) is 42.4 Å². The Morgan fingerprint density at radius 1 is 1.19 bits per heavy atom. The highest BCUT2D eigenvalue weighted by Crippen LogP contribution is 2.29. The molecule has 1 aliphatic heterocycles. The fraction of sp³-hybridized carbons (Fsp3) is 0.647. The Morgan fingerprint density at radius 2 is 1.81 bits per heavy atom. The molecule has 1 saturated heterocycles. The van der Waals surface area contributed by atoms with Crippen molar-refractivity contribution >= 4 is 6.09 Å². The number of likely N-dealkylation sites (tertiary alicyclic amines) is 1. The van der Waals surface area contributed by atoms with Crippen molar-refractivity contribution in [2.45, 2.75) is 58.5 Å². The van der Waals surface area contributed by atoms with Gasteiger partial charge in [-0.2, -0.15) is 0 Å². The lowest BCUT2D eigenvalue weighted by Gasteiger charge is -2.40. The molecular formula is C17H26N2O2. The Bertz CT molecular complexity index is 503. The molecule has 1 aliphatic rings. The minimum Gasteiger partial charge on any atom is -0.444 e. The molecule has 1 amide bonds. The van der Waals surface area contributed by atoms with Crippen molar-refractivity contribution in [3.63, 3.8) is 0 Å². The van der Waals surface area contributed by atoms with Gasteiger partial charge in [0.2, 0.25) is 0 Å². The van der Waals surface area contributed by atoms with Crippen LogP contribution in [0.4, 0.5) is 4.79 Å². The van der Waals surface area contributed by atoms with Crippen LogP contribution in [0.25, 0.3) is 0 Å². The molecule has 0 bridgehead atoms. The molecule has 1 fully saturated rings. The zero-order valence-corrected chi connectivity index (χ0v) is 13.9. The Hall–Kier alpha value is -1.58. The van der Waals surface area contributed by atoms with Crippen LogP contribution in [0.3, 0.4) is 0 Å². The summed E-state index contributed by atoms with van der Waals surface area (Å²) in [5.74, 6) is 0.374. The molecule has 1 aromatic rings. The van der Waals surface area contributed by atoms with Gasteiger partial charge in [-0.05, 0) is 32.4 Å². The number of carbonyl (C=O) groups excluding carboxylic acids is 1. The van der Waals surface area contributed by atoms with Crippen LogP contribution < -0.4 is 0 Å². The van der Waals surface area contributed by atoms with E-state index in [0.717, 1.165) is 5.69 Å². The summed E-state index contributed by atoms with van der Waals surface area (Å²) in [5.41, 5.74) is 1.93. The second-order valence-corrected chi connectivity index (χ2v) is 7.81. The van der Waals surface area contributed by atoms with Gasteiger partial charge >= 0.3 is 6.09 Å². The Kier molecular flexibility index (Phi) is 4.00. The summed E-state index contributed by atoms with van der Waals surface area (Å²) in [6.45, 7) is 13.6. The Balaban J connectivity index is 1.91. The summed E-state index contributed by atoms with van der Waals surface area (Å²) in [7, 11) is 0. The van der Waals surface area contributed by atoms with E-state index < -0.39 is 5.60 Å². The fourth-order valence-corrected chi connectivity index (χ4v) is 2.26. The van der Waals surface area contributed by atoms with Gasteiger partial charge in [-0.1, -0.05) is 26.8 Å². The first-order chi connectivity index (χ1) is 9.56. The molecule has 116 valence electrons. The number of rotatable bonds is 1. The summed E-state index contributed by atoms with van der Waals surface area (Å²) < 4.78 is 5.36. The Labute approximate surface area is 127 Å². The lowest BCUT2D eigenvalue weighted by Crippen LogP contribution is -2.50. The van der Waals surface area contributed by atoms with Gasteiger partial charge in [0.1, 0.15) is 5.60 Å². The third kappa shape index (κ3) is 3.96. The van der Waals surface area contributed by atoms with E-state index in [0.29, 0.717) is 19.0 Å².